The van der Waals surface area contributed by atoms with Crippen LogP contribution in [0, 0.1) is 20.8 Å². The highest BCUT2D eigenvalue weighted by Crippen LogP contribution is 2.35. The van der Waals surface area contributed by atoms with Gasteiger partial charge in [-0.25, -0.2) is 14.6 Å². The number of carbonyl (C=O) groups excluding carboxylic acids is 1. The normalized spacial score (nSPS) is 15.6. The number of anilines is 1. The molecular formula is C25H25N5O. The van der Waals surface area contributed by atoms with Gasteiger partial charge in [0, 0.05) is 11.1 Å². The van der Waals surface area contributed by atoms with E-state index < -0.39 is 0 Å². The van der Waals surface area contributed by atoms with Crippen LogP contribution in [-0.4, -0.2) is 25.7 Å². The van der Waals surface area contributed by atoms with E-state index in [1.165, 1.54) is 11.1 Å². The summed E-state index contributed by atoms with van der Waals surface area (Å²) in [6.45, 7) is 5.85. The summed E-state index contributed by atoms with van der Waals surface area (Å²) in [6, 6.07) is 14.1. The van der Waals surface area contributed by atoms with Gasteiger partial charge in [0.25, 0.3) is 5.91 Å². The zero-order valence-corrected chi connectivity index (χ0v) is 18.0. The van der Waals surface area contributed by atoms with Gasteiger partial charge in [-0.3, -0.25) is 4.79 Å². The van der Waals surface area contributed by atoms with Gasteiger partial charge in [-0.15, -0.1) is 0 Å². The van der Waals surface area contributed by atoms with E-state index in [0.717, 1.165) is 53.1 Å². The number of benzene rings is 2. The quantitative estimate of drug-likeness (QED) is 0.519. The molecule has 2 heterocycles. The second kappa shape index (κ2) is 7.61. The van der Waals surface area contributed by atoms with Gasteiger partial charge in [0.05, 0.1) is 34.7 Å². The summed E-state index contributed by atoms with van der Waals surface area (Å²) in [4.78, 5) is 22.3. The molecule has 2 aromatic carbocycles. The number of nitrogens with zero attached hydrogens (tertiary/aromatic N) is 4. The molecule has 0 saturated heterocycles. The first-order chi connectivity index (χ1) is 15.0. The molecule has 1 atom stereocenters. The summed E-state index contributed by atoms with van der Waals surface area (Å²) in [5, 5.41) is 7.74. The van der Waals surface area contributed by atoms with E-state index in [-0.39, 0.29) is 11.9 Å². The van der Waals surface area contributed by atoms with E-state index in [1.807, 2.05) is 37.7 Å². The third-order valence-electron chi connectivity index (χ3n) is 6.18. The predicted octanol–water partition coefficient (Wildman–Crippen LogP) is 4.93. The van der Waals surface area contributed by atoms with Gasteiger partial charge >= 0.3 is 0 Å². The van der Waals surface area contributed by atoms with Gasteiger partial charge in [0.1, 0.15) is 5.82 Å². The second-order valence-electron chi connectivity index (χ2n) is 8.28. The number of aryl methyl sites for hydroxylation is 4. The molecule has 1 aliphatic carbocycles. The summed E-state index contributed by atoms with van der Waals surface area (Å²) in [6.07, 6.45) is 5.03. The molecule has 156 valence electrons. The Labute approximate surface area is 181 Å². The third-order valence-corrected chi connectivity index (χ3v) is 6.18. The topological polar surface area (TPSA) is 72.7 Å². The van der Waals surface area contributed by atoms with Crippen molar-refractivity contribution >= 4 is 22.8 Å². The molecule has 0 radical (unpaired) electrons. The summed E-state index contributed by atoms with van der Waals surface area (Å²) in [5.74, 6) is 0.578. The van der Waals surface area contributed by atoms with Crippen molar-refractivity contribution in [2.24, 2.45) is 0 Å². The van der Waals surface area contributed by atoms with Crippen LogP contribution in [0.4, 0.5) is 5.82 Å². The minimum Gasteiger partial charge on any atom is -0.307 e. The maximum Gasteiger partial charge on any atom is 0.256 e. The highest BCUT2D eigenvalue weighted by molar-refractivity contribution is 6.05. The van der Waals surface area contributed by atoms with E-state index in [1.54, 1.807) is 12.1 Å². The van der Waals surface area contributed by atoms with E-state index >= 15 is 0 Å². The molecule has 0 fully saturated rings. The fraction of sp³-hybridized carbons (Fsp3) is 0.280. The number of aromatic nitrogens is 4. The molecule has 1 N–H and O–H groups in total. The first-order valence-corrected chi connectivity index (χ1v) is 10.7. The van der Waals surface area contributed by atoms with Crippen LogP contribution in [0.15, 0.2) is 48.7 Å². The van der Waals surface area contributed by atoms with Crippen molar-refractivity contribution in [3.8, 4) is 0 Å². The Hall–Kier alpha value is -3.54. The lowest BCUT2D eigenvalue weighted by molar-refractivity contribution is 0.102. The minimum absolute atomic E-state index is 0.127. The van der Waals surface area contributed by atoms with Crippen molar-refractivity contribution in [2.75, 3.05) is 5.32 Å². The summed E-state index contributed by atoms with van der Waals surface area (Å²) in [7, 11) is 0. The Morgan fingerprint density at radius 2 is 1.81 bits per heavy atom. The predicted molar refractivity (Wildman–Crippen MR) is 121 cm³/mol. The van der Waals surface area contributed by atoms with Crippen molar-refractivity contribution in [2.45, 2.75) is 46.1 Å². The lowest BCUT2D eigenvalue weighted by atomic mass is 9.88. The van der Waals surface area contributed by atoms with Gasteiger partial charge in [-0.1, -0.05) is 24.3 Å². The molecule has 2 aromatic heterocycles. The number of nitrogens with one attached hydrogen (secondary N) is 1. The van der Waals surface area contributed by atoms with Crippen molar-refractivity contribution in [1.29, 1.82) is 0 Å². The number of hydrogen-bond acceptors (Lipinski definition) is 4. The molecule has 6 nitrogen and oxygen atoms in total. The van der Waals surface area contributed by atoms with Gasteiger partial charge in [-0.05, 0) is 69.4 Å². The molecule has 0 aliphatic heterocycles. The standard InChI is InChI=1S/C25H25N5O/c1-15-14-26-30(23-10-6-8-18-7-4-5-9-20(18)23)24(15)29-25(31)19-11-12-21-22(13-19)28-17(3)16(2)27-21/h4-5,7,9,11-14,23H,6,8,10H2,1-3H3,(H,29,31). The van der Waals surface area contributed by atoms with E-state index in [0.29, 0.717) is 5.56 Å². The molecule has 1 amide bonds. The molecule has 5 rings (SSSR count). The zero-order chi connectivity index (χ0) is 21.5. The molecule has 0 spiro atoms. The average Bonchev–Trinajstić information content (AvgIpc) is 3.13. The summed E-state index contributed by atoms with van der Waals surface area (Å²) in [5.41, 5.74) is 7.45. The third kappa shape index (κ3) is 3.48. The van der Waals surface area contributed by atoms with Crippen molar-refractivity contribution < 1.29 is 4.79 Å². The lowest BCUT2D eigenvalue weighted by Gasteiger charge is -2.27. The van der Waals surface area contributed by atoms with E-state index in [4.69, 9.17) is 0 Å². The van der Waals surface area contributed by atoms with E-state index in [9.17, 15) is 4.79 Å². The van der Waals surface area contributed by atoms with Crippen LogP contribution in [0.25, 0.3) is 11.0 Å². The number of hydrogen-bond donors (Lipinski definition) is 1. The number of carbonyl (C=O) groups is 1. The minimum atomic E-state index is -0.170. The molecule has 0 saturated carbocycles. The Morgan fingerprint density at radius 1 is 1.03 bits per heavy atom. The van der Waals surface area contributed by atoms with Crippen LogP contribution in [0.1, 0.15) is 57.3 Å². The van der Waals surface area contributed by atoms with E-state index in [2.05, 4.69) is 44.6 Å². The highest BCUT2D eigenvalue weighted by atomic mass is 16.1. The molecule has 31 heavy (non-hydrogen) atoms. The molecule has 0 bridgehead atoms. The summed E-state index contributed by atoms with van der Waals surface area (Å²) >= 11 is 0. The number of amides is 1. The smallest absolute Gasteiger partial charge is 0.256 e. The Balaban J connectivity index is 1.48. The number of fused-ring (bicyclic) bond motifs is 2. The maximum absolute atomic E-state index is 13.1. The van der Waals surface area contributed by atoms with Gasteiger partial charge in [0.2, 0.25) is 0 Å². The van der Waals surface area contributed by atoms with Crippen molar-refractivity contribution in [3.05, 3.63) is 82.3 Å². The molecular weight excluding hydrogens is 386 g/mol. The Kier molecular flexibility index (Phi) is 4.77. The monoisotopic (exact) mass is 411 g/mol. The van der Waals surface area contributed by atoms with Gasteiger partial charge in [0.15, 0.2) is 0 Å². The lowest BCUT2D eigenvalue weighted by Crippen LogP contribution is -2.22. The largest absolute Gasteiger partial charge is 0.307 e. The maximum atomic E-state index is 13.1. The average molecular weight is 412 g/mol. The van der Waals surface area contributed by atoms with Gasteiger partial charge in [-0.2, -0.15) is 5.10 Å². The van der Waals surface area contributed by atoms with Crippen LogP contribution < -0.4 is 5.32 Å². The van der Waals surface area contributed by atoms with Crippen LogP contribution in [0.5, 0.6) is 0 Å². The number of rotatable bonds is 3. The molecule has 6 heteroatoms. The fourth-order valence-electron chi connectivity index (χ4n) is 4.37. The first-order valence-electron chi connectivity index (χ1n) is 10.7. The fourth-order valence-corrected chi connectivity index (χ4v) is 4.37. The Bertz CT molecular complexity index is 1310. The Morgan fingerprint density at radius 3 is 2.65 bits per heavy atom. The highest BCUT2D eigenvalue weighted by Gasteiger charge is 2.25. The van der Waals surface area contributed by atoms with Crippen molar-refractivity contribution in [1.82, 2.24) is 19.7 Å². The molecule has 1 unspecified atom stereocenters. The SMILES string of the molecule is Cc1cnn(C2CCCc3ccccc32)c1NC(=O)c1ccc2nc(C)c(C)nc2c1. The van der Waals surface area contributed by atoms with Crippen LogP contribution in [0.2, 0.25) is 0 Å². The zero-order valence-electron chi connectivity index (χ0n) is 18.0. The van der Waals surface area contributed by atoms with Gasteiger partial charge < -0.3 is 5.32 Å². The second-order valence-corrected chi connectivity index (χ2v) is 8.28. The molecule has 1 aliphatic rings. The van der Waals surface area contributed by atoms with Crippen molar-refractivity contribution in [3.63, 3.8) is 0 Å². The molecule has 4 aromatic rings. The van der Waals surface area contributed by atoms with Crippen LogP contribution in [-0.2, 0) is 6.42 Å². The summed E-state index contributed by atoms with van der Waals surface area (Å²) < 4.78 is 1.97. The van der Waals surface area contributed by atoms with Crippen LogP contribution in [0.3, 0.4) is 0 Å². The van der Waals surface area contributed by atoms with Crippen LogP contribution >= 0.6 is 0 Å². The first kappa shape index (κ1) is 19.4.